The van der Waals surface area contributed by atoms with Gasteiger partial charge in [0.25, 0.3) is 5.19 Å². The van der Waals surface area contributed by atoms with Gasteiger partial charge in [-0.2, -0.15) is 0 Å². The molecule has 0 bridgehead atoms. The van der Waals surface area contributed by atoms with E-state index in [9.17, 15) is 4.79 Å². The molecule has 2 rings (SSSR count). The molecule has 5 nitrogen and oxygen atoms in total. The Balaban J connectivity index is 1.60. The van der Waals surface area contributed by atoms with Crippen LogP contribution in [0, 0.1) is 0 Å². The summed E-state index contributed by atoms with van der Waals surface area (Å²) in [6.07, 6.45) is 1.99. The number of benzene rings is 1. The summed E-state index contributed by atoms with van der Waals surface area (Å²) in [7, 11) is 0. The van der Waals surface area contributed by atoms with Crippen LogP contribution in [0.5, 0.6) is 5.19 Å². The molecule has 7 heteroatoms. The molecule has 1 N–H and O–H groups in total. The number of aryl methyl sites for hydroxylation is 1. The predicted molar refractivity (Wildman–Crippen MR) is 94.2 cm³/mol. The van der Waals surface area contributed by atoms with E-state index in [0.29, 0.717) is 17.5 Å². The summed E-state index contributed by atoms with van der Waals surface area (Å²) in [6.45, 7) is 4.57. The molecule has 0 saturated carbocycles. The molecular weight excluding hydrogens is 330 g/mol. The Hall–Kier alpha value is -1.60. The molecule has 0 radical (unpaired) electrons. The fraction of sp³-hybridized carbons (Fsp3) is 0.438. The maximum absolute atomic E-state index is 11.8. The summed E-state index contributed by atoms with van der Waals surface area (Å²) < 4.78 is 6.20. The van der Waals surface area contributed by atoms with Crippen LogP contribution in [0.3, 0.4) is 0 Å². The van der Waals surface area contributed by atoms with Crippen LogP contribution in [0.25, 0.3) is 0 Å². The van der Waals surface area contributed by atoms with Crippen molar-refractivity contribution >= 4 is 29.0 Å². The van der Waals surface area contributed by atoms with Crippen molar-refractivity contribution in [2.75, 3.05) is 12.3 Å². The van der Waals surface area contributed by atoms with Crippen molar-refractivity contribution in [3.63, 3.8) is 0 Å². The number of amides is 1. The second-order valence-electron chi connectivity index (χ2n) is 5.23. The van der Waals surface area contributed by atoms with E-state index in [-0.39, 0.29) is 12.0 Å². The van der Waals surface area contributed by atoms with Gasteiger partial charge in [0.05, 0.1) is 11.9 Å². The fourth-order valence-corrected chi connectivity index (χ4v) is 3.48. The number of nitrogens with zero attached hydrogens (tertiary/aromatic N) is 2. The average Bonchev–Trinajstić information content (AvgIpc) is 2.97. The Morgan fingerprint density at radius 1 is 1.30 bits per heavy atom. The van der Waals surface area contributed by atoms with Crippen LogP contribution >= 0.6 is 23.1 Å². The second kappa shape index (κ2) is 9.52. The first kappa shape index (κ1) is 17.7. The Morgan fingerprint density at radius 3 is 2.83 bits per heavy atom. The number of thioether (sulfide) groups is 1. The molecule has 0 fully saturated rings. The van der Waals surface area contributed by atoms with Gasteiger partial charge in [-0.1, -0.05) is 47.2 Å². The van der Waals surface area contributed by atoms with Crippen LogP contribution < -0.4 is 10.1 Å². The van der Waals surface area contributed by atoms with Crippen LogP contribution in [0.1, 0.15) is 25.8 Å². The van der Waals surface area contributed by atoms with Crippen molar-refractivity contribution < 1.29 is 9.53 Å². The van der Waals surface area contributed by atoms with E-state index in [4.69, 9.17) is 4.74 Å². The molecule has 2 aromatic rings. The Kier molecular flexibility index (Phi) is 7.35. The summed E-state index contributed by atoms with van der Waals surface area (Å²) in [5.41, 5.74) is 1.29. The smallest absolute Gasteiger partial charge is 0.295 e. The number of hydrogen-bond acceptors (Lipinski definition) is 6. The lowest BCUT2D eigenvalue weighted by Gasteiger charge is -2.04. The Morgan fingerprint density at radius 2 is 2.09 bits per heavy atom. The summed E-state index contributed by atoms with van der Waals surface area (Å²) in [5, 5.41) is 11.4. The van der Waals surface area contributed by atoms with Crippen LogP contribution in [-0.4, -0.2) is 34.5 Å². The van der Waals surface area contributed by atoms with Gasteiger partial charge in [0.2, 0.25) is 5.91 Å². The van der Waals surface area contributed by atoms with Crippen molar-refractivity contribution in [2.45, 2.75) is 37.1 Å². The van der Waals surface area contributed by atoms with Gasteiger partial charge < -0.3 is 10.1 Å². The van der Waals surface area contributed by atoms with E-state index in [1.54, 1.807) is 0 Å². The molecule has 1 aromatic heterocycles. The van der Waals surface area contributed by atoms with Crippen molar-refractivity contribution in [2.24, 2.45) is 0 Å². The number of carbonyl (C=O) groups excluding carboxylic acids is 1. The second-order valence-corrected chi connectivity index (χ2v) is 7.39. The van der Waals surface area contributed by atoms with Crippen LogP contribution in [0.4, 0.5) is 0 Å². The maximum atomic E-state index is 11.8. The van der Waals surface area contributed by atoms with Gasteiger partial charge in [-0.15, -0.1) is 5.10 Å². The van der Waals surface area contributed by atoms with Gasteiger partial charge in [0.15, 0.2) is 4.34 Å². The first-order valence-corrected chi connectivity index (χ1v) is 9.37. The lowest BCUT2D eigenvalue weighted by Crippen LogP contribution is -2.26. The number of nitrogens with one attached hydrogen (secondary N) is 1. The molecule has 0 saturated heterocycles. The van der Waals surface area contributed by atoms with E-state index in [2.05, 4.69) is 27.6 Å². The molecule has 124 valence electrons. The average molecular weight is 351 g/mol. The third-order valence-corrected chi connectivity index (χ3v) is 4.81. The van der Waals surface area contributed by atoms with E-state index in [1.807, 2.05) is 32.0 Å². The molecule has 1 amide bonds. The van der Waals surface area contributed by atoms with Crippen LogP contribution in [-0.2, 0) is 11.2 Å². The van der Waals surface area contributed by atoms with Crippen molar-refractivity contribution in [1.29, 1.82) is 0 Å². The topological polar surface area (TPSA) is 64.1 Å². The highest BCUT2D eigenvalue weighted by Crippen LogP contribution is 2.27. The molecular formula is C16H21N3O2S2. The lowest BCUT2D eigenvalue weighted by atomic mass is 10.1. The number of ether oxygens (including phenoxy) is 1. The summed E-state index contributed by atoms with van der Waals surface area (Å²) >= 11 is 2.75. The molecule has 0 unspecified atom stereocenters. The van der Waals surface area contributed by atoms with E-state index >= 15 is 0 Å². The normalized spacial score (nSPS) is 10.7. The van der Waals surface area contributed by atoms with Crippen molar-refractivity contribution in [1.82, 2.24) is 15.5 Å². The molecule has 0 spiro atoms. The zero-order valence-electron chi connectivity index (χ0n) is 13.3. The molecule has 0 aliphatic carbocycles. The number of rotatable bonds is 9. The minimum absolute atomic E-state index is 0.0181. The van der Waals surface area contributed by atoms with Gasteiger partial charge in [-0.25, -0.2) is 0 Å². The minimum Gasteiger partial charge on any atom is -0.466 e. The monoisotopic (exact) mass is 351 g/mol. The van der Waals surface area contributed by atoms with E-state index < -0.39 is 0 Å². The summed E-state index contributed by atoms with van der Waals surface area (Å²) in [6, 6.07) is 10.3. The highest BCUT2D eigenvalue weighted by atomic mass is 32.2. The van der Waals surface area contributed by atoms with Gasteiger partial charge >= 0.3 is 0 Å². The first-order valence-electron chi connectivity index (χ1n) is 7.57. The van der Waals surface area contributed by atoms with Crippen LogP contribution in [0.15, 0.2) is 34.7 Å². The zero-order chi connectivity index (χ0) is 16.5. The zero-order valence-corrected chi connectivity index (χ0v) is 15.0. The maximum Gasteiger partial charge on any atom is 0.295 e. The standard InChI is InChI=1S/C16H21N3O2S2/c1-12(2)21-15-18-19-16(23-15)22-11-14(20)17-10-6-9-13-7-4-3-5-8-13/h3-5,7-8,12H,6,9-11H2,1-2H3,(H,17,20). The van der Waals surface area contributed by atoms with E-state index in [0.717, 1.165) is 17.2 Å². The predicted octanol–water partition coefficient (Wildman–Crippen LogP) is 3.17. The molecule has 0 aliphatic heterocycles. The van der Waals surface area contributed by atoms with E-state index in [1.165, 1.54) is 28.7 Å². The molecule has 1 heterocycles. The number of carbonyl (C=O) groups is 1. The largest absolute Gasteiger partial charge is 0.466 e. The molecule has 0 atom stereocenters. The quantitative estimate of drug-likeness (QED) is 0.555. The Bertz CT molecular complexity index is 602. The SMILES string of the molecule is CC(C)Oc1nnc(SCC(=O)NCCCc2ccccc2)s1. The fourth-order valence-electron chi connectivity index (χ4n) is 1.85. The molecule has 1 aromatic carbocycles. The third kappa shape index (κ3) is 7.00. The van der Waals surface area contributed by atoms with Gasteiger partial charge in [-0.05, 0) is 43.6 Å². The van der Waals surface area contributed by atoms with Crippen molar-refractivity contribution in [3.05, 3.63) is 35.9 Å². The van der Waals surface area contributed by atoms with Gasteiger partial charge in [0.1, 0.15) is 0 Å². The van der Waals surface area contributed by atoms with Crippen molar-refractivity contribution in [3.8, 4) is 5.19 Å². The van der Waals surface area contributed by atoms with Crippen LogP contribution in [0.2, 0.25) is 0 Å². The first-order chi connectivity index (χ1) is 11.1. The minimum atomic E-state index is 0.0181. The lowest BCUT2D eigenvalue weighted by molar-refractivity contribution is -0.118. The third-order valence-electron chi connectivity index (χ3n) is 2.86. The molecule has 0 aliphatic rings. The molecule has 23 heavy (non-hydrogen) atoms. The summed E-state index contributed by atoms with van der Waals surface area (Å²) in [4.78, 5) is 11.8. The number of aromatic nitrogens is 2. The number of hydrogen-bond donors (Lipinski definition) is 1. The van der Waals surface area contributed by atoms with Gasteiger partial charge in [-0.3, -0.25) is 4.79 Å². The highest BCUT2D eigenvalue weighted by Gasteiger charge is 2.09. The summed E-state index contributed by atoms with van der Waals surface area (Å²) in [5.74, 6) is 0.367. The highest BCUT2D eigenvalue weighted by molar-refractivity contribution is 8.01. The van der Waals surface area contributed by atoms with Gasteiger partial charge in [0, 0.05) is 6.54 Å². The Labute approximate surface area is 144 Å².